The number of hydrogen-bond donors (Lipinski definition) is 3. The minimum absolute atomic E-state index is 0.0789. The molecule has 2 unspecified atom stereocenters. The third kappa shape index (κ3) is 6.39. The third-order valence-corrected chi connectivity index (χ3v) is 3.16. The fourth-order valence-electron chi connectivity index (χ4n) is 2.19. The van der Waals surface area contributed by atoms with Crippen molar-refractivity contribution in [3.63, 3.8) is 0 Å². The number of carboxylic acid groups (broad SMARTS) is 1. The number of carboxylic acids is 1. The van der Waals surface area contributed by atoms with E-state index in [4.69, 9.17) is 9.84 Å². The molecule has 3 atom stereocenters. The molecule has 0 aromatic rings. The molecule has 1 heterocycles. The van der Waals surface area contributed by atoms with Gasteiger partial charge in [0, 0.05) is 13.0 Å². The fraction of sp³-hybridized carbons (Fsp3) is 0.786. The lowest BCUT2D eigenvalue weighted by Gasteiger charge is -2.36. The van der Waals surface area contributed by atoms with Gasteiger partial charge in [0.05, 0.1) is 12.5 Å². The molecular formula is C14H23FN2O6. The number of rotatable bonds is 5. The molecule has 8 nitrogen and oxygen atoms in total. The first-order chi connectivity index (χ1) is 10.5. The van der Waals surface area contributed by atoms with Crippen LogP contribution in [0.3, 0.4) is 0 Å². The van der Waals surface area contributed by atoms with Gasteiger partial charge in [-0.3, -0.25) is 9.59 Å². The van der Waals surface area contributed by atoms with Crippen molar-refractivity contribution in [1.29, 1.82) is 0 Å². The van der Waals surface area contributed by atoms with Crippen LogP contribution in [0.15, 0.2) is 0 Å². The average Bonchev–Trinajstić information content (AvgIpc) is 2.36. The van der Waals surface area contributed by atoms with E-state index in [1.807, 2.05) is 0 Å². The summed E-state index contributed by atoms with van der Waals surface area (Å²) in [5.74, 6) is -1.70. The van der Waals surface area contributed by atoms with E-state index in [0.717, 1.165) is 4.90 Å². The number of nitrogens with zero attached hydrogens (tertiary/aromatic N) is 1. The van der Waals surface area contributed by atoms with Crippen molar-refractivity contribution < 1.29 is 33.7 Å². The Morgan fingerprint density at radius 3 is 2.61 bits per heavy atom. The zero-order valence-corrected chi connectivity index (χ0v) is 13.4. The number of piperidine rings is 1. The number of carbonyl (C=O) groups excluding carboxylic acids is 2. The van der Waals surface area contributed by atoms with E-state index in [1.54, 1.807) is 20.8 Å². The van der Waals surface area contributed by atoms with E-state index >= 15 is 0 Å². The van der Waals surface area contributed by atoms with Gasteiger partial charge in [0.15, 0.2) is 6.23 Å². The topological polar surface area (TPSA) is 116 Å². The van der Waals surface area contributed by atoms with Crippen LogP contribution in [-0.4, -0.2) is 63.7 Å². The number of likely N-dealkylation sites (tertiary alicyclic amines) is 1. The molecule has 1 fully saturated rings. The number of ether oxygens (including phenoxy) is 1. The second-order valence-corrected chi connectivity index (χ2v) is 6.46. The molecule has 0 saturated carbocycles. The summed E-state index contributed by atoms with van der Waals surface area (Å²) in [6.45, 7) is 4.62. The van der Waals surface area contributed by atoms with Gasteiger partial charge in [-0.2, -0.15) is 0 Å². The number of nitrogens with one attached hydrogen (secondary N) is 1. The summed E-state index contributed by atoms with van der Waals surface area (Å²) in [7, 11) is 0. The zero-order valence-electron chi connectivity index (χ0n) is 13.4. The maximum Gasteiger partial charge on any atom is 0.407 e. The molecule has 9 heteroatoms. The van der Waals surface area contributed by atoms with Crippen LogP contribution in [0.25, 0.3) is 0 Å². The molecule has 0 radical (unpaired) electrons. The summed E-state index contributed by atoms with van der Waals surface area (Å²) in [5.41, 5.74) is -0.775. The lowest BCUT2D eigenvalue weighted by molar-refractivity contribution is -0.156. The minimum atomic E-state index is -1.65. The molecule has 0 aromatic heterocycles. The zero-order chi connectivity index (χ0) is 17.8. The number of halogens is 1. The van der Waals surface area contributed by atoms with Gasteiger partial charge in [-0.25, -0.2) is 9.18 Å². The van der Waals surface area contributed by atoms with E-state index in [2.05, 4.69) is 5.32 Å². The van der Waals surface area contributed by atoms with E-state index < -0.39 is 48.4 Å². The quantitative estimate of drug-likeness (QED) is 0.679. The number of amides is 2. The number of aliphatic hydroxyl groups excluding tert-OH is 1. The lowest BCUT2D eigenvalue weighted by Crippen LogP contribution is -2.55. The van der Waals surface area contributed by atoms with Crippen molar-refractivity contribution in [3.8, 4) is 0 Å². The average molecular weight is 334 g/mol. The molecule has 0 aliphatic carbocycles. The highest BCUT2D eigenvalue weighted by Crippen LogP contribution is 2.20. The van der Waals surface area contributed by atoms with Crippen molar-refractivity contribution in [2.75, 3.05) is 6.54 Å². The first kappa shape index (κ1) is 19.1. The van der Waals surface area contributed by atoms with Crippen molar-refractivity contribution >= 4 is 18.0 Å². The van der Waals surface area contributed by atoms with Gasteiger partial charge >= 0.3 is 12.1 Å². The largest absolute Gasteiger partial charge is 0.481 e. The highest BCUT2D eigenvalue weighted by molar-refractivity contribution is 5.78. The summed E-state index contributed by atoms with van der Waals surface area (Å²) < 4.78 is 18.6. The minimum Gasteiger partial charge on any atom is -0.481 e. The fourth-order valence-corrected chi connectivity index (χ4v) is 2.19. The predicted octanol–water partition coefficient (Wildman–Crippen LogP) is 0.633. The molecule has 2 amide bonds. The van der Waals surface area contributed by atoms with Crippen LogP contribution in [0.4, 0.5) is 9.18 Å². The Morgan fingerprint density at radius 1 is 1.48 bits per heavy atom. The highest BCUT2D eigenvalue weighted by Gasteiger charge is 2.36. The molecule has 0 bridgehead atoms. The predicted molar refractivity (Wildman–Crippen MR) is 77.3 cm³/mol. The number of aliphatic hydroxyl groups is 1. The van der Waals surface area contributed by atoms with E-state index in [1.165, 1.54) is 0 Å². The molecule has 23 heavy (non-hydrogen) atoms. The summed E-state index contributed by atoms with van der Waals surface area (Å²) >= 11 is 0. The monoisotopic (exact) mass is 334 g/mol. The van der Waals surface area contributed by atoms with Crippen LogP contribution in [0, 0.1) is 0 Å². The molecule has 3 N–H and O–H groups in total. The SMILES string of the molecule is CC(C)(C)OC(=O)NC(CC(=O)O)CN1C(=O)CC[C@H](F)C1O. The third-order valence-electron chi connectivity index (χ3n) is 3.16. The molecule has 132 valence electrons. The molecule has 1 saturated heterocycles. The van der Waals surface area contributed by atoms with Crippen LogP contribution < -0.4 is 5.32 Å². The lowest BCUT2D eigenvalue weighted by atomic mass is 10.0. The smallest absolute Gasteiger partial charge is 0.407 e. The van der Waals surface area contributed by atoms with Gasteiger partial charge in [0.2, 0.25) is 5.91 Å². The second kappa shape index (κ2) is 7.58. The van der Waals surface area contributed by atoms with Crippen molar-refractivity contribution in [2.24, 2.45) is 0 Å². The molecule has 0 aromatic carbocycles. The van der Waals surface area contributed by atoms with E-state index in [0.29, 0.717) is 0 Å². The molecule has 1 aliphatic rings. The van der Waals surface area contributed by atoms with Gasteiger partial charge in [-0.05, 0) is 27.2 Å². The van der Waals surface area contributed by atoms with Gasteiger partial charge in [-0.15, -0.1) is 0 Å². The van der Waals surface area contributed by atoms with Crippen molar-refractivity contribution in [1.82, 2.24) is 10.2 Å². The van der Waals surface area contributed by atoms with Crippen LogP contribution >= 0.6 is 0 Å². The summed E-state index contributed by atoms with van der Waals surface area (Å²) in [5, 5.41) is 21.0. The number of aliphatic carboxylic acids is 1. The molecular weight excluding hydrogens is 311 g/mol. The second-order valence-electron chi connectivity index (χ2n) is 6.46. The maximum atomic E-state index is 13.5. The van der Waals surface area contributed by atoms with Crippen molar-refractivity contribution in [2.45, 2.75) is 64.1 Å². The Labute approximate surface area is 133 Å². The molecule has 0 spiro atoms. The first-order valence-electron chi connectivity index (χ1n) is 7.32. The maximum absolute atomic E-state index is 13.5. The van der Waals surface area contributed by atoms with Gasteiger partial charge in [-0.1, -0.05) is 0 Å². The Morgan fingerprint density at radius 2 is 2.09 bits per heavy atom. The van der Waals surface area contributed by atoms with Crippen LogP contribution in [0.1, 0.15) is 40.0 Å². The summed E-state index contributed by atoms with van der Waals surface area (Å²) in [6.07, 6.45) is -4.75. The highest BCUT2D eigenvalue weighted by atomic mass is 19.1. The Balaban J connectivity index is 2.75. The standard InChI is InChI=1S/C14H23FN2O6/c1-14(2,3)23-13(22)16-8(6-11(19)20)7-17-10(18)5-4-9(15)12(17)21/h8-9,12,21H,4-7H2,1-3H3,(H,16,22)(H,19,20)/t8?,9-,12?/m0/s1. The number of carbonyl (C=O) groups is 3. The van der Waals surface area contributed by atoms with Gasteiger partial charge in [0.25, 0.3) is 0 Å². The summed E-state index contributed by atoms with van der Waals surface area (Å²) in [4.78, 5) is 35.3. The Bertz CT molecular complexity index is 465. The Kier molecular flexibility index (Phi) is 6.31. The summed E-state index contributed by atoms with van der Waals surface area (Å²) in [6, 6.07) is -1.01. The van der Waals surface area contributed by atoms with Gasteiger partial charge in [0.1, 0.15) is 11.8 Å². The number of alkyl halides is 1. The Hall–Kier alpha value is -1.90. The number of hydrogen-bond acceptors (Lipinski definition) is 5. The van der Waals surface area contributed by atoms with Crippen molar-refractivity contribution in [3.05, 3.63) is 0 Å². The van der Waals surface area contributed by atoms with Crippen LogP contribution in [0.2, 0.25) is 0 Å². The van der Waals surface area contributed by atoms with Crippen LogP contribution in [-0.2, 0) is 14.3 Å². The molecule has 1 rings (SSSR count). The van der Waals surface area contributed by atoms with Crippen LogP contribution in [0.5, 0.6) is 0 Å². The normalized spacial score (nSPS) is 23.3. The van der Waals surface area contributed by atoms with E-state index in [-0.39, 0.29) is 19.4 Å². The number of alkyl carbamates (subject to hydrolysis) is 1. The molecule has 1 aliphatic heterocycles. The van der Waals surface area contributed by atoms with Gasteiger partial charge < -0.3 is 25.2 Å². The first-order valence-corrected chi connectivity index (χ1v) is 7.32. The van der Waals surface area contributed by atoms with E-state index in [9.17, 15) is 23.9 Å².